The Morgan fingerprint density at radius 2 is 2.27 bits per heavy atom. The van der Waals surface area contributed by atoms with Crippen LogP contribution >= 0.6 is 0 Å². The number of H-pyrrole nitrogens is 1. The van der Waals surface area contributed by atoms with Crippen molar-refractivity contribution in [1.82, 2.24) is 4.98 Å². The quantitative estimate of drug-likeness (QED) is 0.584. The number of hydrogen-bond acceptors (Lipinski definition) is 1. The van der Waals surface area contributed by atoms with E-state index in [0.717, 1.165) is 16.5 Å². The Balaban J connectivity index is 2.43. The summed E-state index contributed by atoms with van der Waals surface area (Å²) in [7, 11) is 0. The highest BCUT2D eigenvalue weighted by Gasteiger charge is 1.98. The normalized spacial score (nSPS) is 10.9. The summed E-state index contributed by atoms with van der Waals surface area (Å²) < 4.78 is 0. The zero-order chi connectivity index (χ0) is 10.7. The maximum absolute atomic E-state index is 10.9. The molecule has 0 radical (unpaired) electrons. The van der Waals surface area contributed by atoms with E-state index in [1.54, 1.807) is 6.08 Å². The first-order valence-corrected chi connectivity index (χ1v) is 4.56. The highest BCUT2D eigenvalue weighted by molar-refractivity contribution is 5.97. The molecule has 1 N–H and O–H groups in total. The van der Waals surface area contributed by atoms with Crippen LogP contribution in [0.1, 0.15) is 5.56 Å². The number of fused-ring (bicyclic) bond motifs is 1. The van der Waals surface area contributed by atoms with Crippen molar-refractivity contribution in [2.24, 2.45) is 4.99 Å². The molecule has 0 fully saturated rings. The molecule has 1 aromatic heterocycles. The third kappa shape index (κ3) is 1.86. The zero-order valence-electron chi connectivity index (χ0n) is 8.10. The molecule has 0 unspecified atom stereocenters. The van der Waals surface area contributed by atoms with Crippen LogP contribution in [0.4, 0.5) is 0 Å². The van der Waals surface area contributed by atoms with Gasteiger partial charge in [0.25, 0.3) is 5.91 Å². The average Bonchev–Trinajstić information content (AvgIpc) is 2.74. The summed E-state index contributed by atoms with van der Waals surface area (Å²) >= 11 is 0. The van der Waals surface area contributed by atoms with Crippen LogP contribution in [-0.4, -0.2) is 17.6 Å². The Morgan fingerprint density at radius 3 is 3.07 bits per heavy atom. The number of hydrogen-bond donors (Lipinski definition) is 1. The Hall–Kier alpha value is -2.16. The second kappa shape index (κ2) is 3.92. The fraction of sp³-hybridized carbons (Fsp3) is 0. The molecule has 0 aliphatic heterocycles. The van der Waals surface area contributed by atoms with Gasteiger partial charge in [0.05, 0.1) is 0 Å². The van der Waals surface area contributed by atoms with Crippen LogP contribution in [0.25, 0.3) is 17.0 Å². The fourth-order valence-electron chi connectivity index (χ4n) is 1.47. The van der Waals surface area contributed by atoms with Crippen molar-refractivity contribution in [3.8, 4) is 0 Å². The molecule has 0 aliphatic carbocycles. The molecule has 74 valence electrons. The van der Waals surface area contributed by atoms with Crippen LogP contribution in [0.2, 0.25) is 0 Å². The predicted molar refractivity (Wildman–Crippen MR) is 61.9 cm³/mol. The Morgan fingerprint density at radius 1 is 1.40 bits per heavy atom. The first kappa shape index (κ1) is 9.40. The number of aromatic amines is 1. The first-order chi connectivity index (χ1) is 7.31. The molecule has 0 spiro atoms. The van der Waals surface area contributed by atoms with Gasteiger partial charge in [-0.3, -0.25) is 4.79 Å². The number of carbonyl (C=O) groups is 1. The van der Waals surface area contributed by atoms with Gasteiger partial charge < -0.3 is 4.98 Å². The minimum Gasteiger partial charge on any atom is -0.361 e. The van der Waals surface area contributed by atoms with Gasteiger partial charge in [0.2, 0.25) is 0 Å². The van der Waals surface area contributed by atoms with Crippen LogP contribution in [0.5, 0.6) is 0 Å². The van der Waals surface area contributed by atoms with Gasteiger partial charge in [-0.1, -0.05) is 12.1 Å². The second-order valence-electron chi connectivity index (χ2n) is 3.12. The van der Waals surface area contributed by atoms with Crippen LogP contribution in [0.15, 0.2) is 41.5 Å². The molecule has 0 aliphatic rings. The lowest BCUT2D eigenvalue weighted by atomic mass is 10.1. The van der Waals surface area contributed by atoms with Crippen LogP contribution in [-0.2, 0) is 4.79 Å². The minimum atomic E-state index is -0.331. The van der Waals surface area contributed by atoms with Crippen LogP contribution < -0.4 is 0 Å². The molecule has 3 nitrogen and oxygen atoms in total. The lowest BCUT2D eigenvalue weighted by Gasteiger charge is -1.95. The smallest absolute Gasteiger partial charge is 0.269 e. The van der Waals surface area contributed by atoms with Gasteiger partial charge in [-0.25, -0.2) is 4.99 Å². The van der Waals surface area contributed by atoms with Gasteiger partial charge in [-0.05, 0) is 30.5 Å². The molecule has 0 atom stereocenters. The molecule has 2 rings (SSSR count). The van der Waals surface area contributed by atoms with Crippen LogP contribution in [0.3, 0.4) is 0 Å². The summed E-state index contributed by atoms with van der Waals surface area (Å²) in [6, 6.07) is 7.84. The highest BCUT2D eigenvalue weighted by Crippen LogP contribution is 2.18. The van der Waals surface area contributed by atoms with Crippen molar-refractivity contribution in [2.75, 3.05) is 0 Å². The van der Waals surface area contributed by atoms with E-state index >= 15 is 0 Å². The van der Waals surface area contributed by atoms with Gasteiger partial charge in [-0.2, -0.15) is 0 Å². The summed E-state index contributed by atoms with van der Waals surface area (Å²) in [5.41, 5.74) is 2.04. The minimum absolute atomic E-state index is 0.331. The van der Waals surface area contributed by atoms with Gasteiger partial charge in [0, 0.05) is 23.2 Å². The van der Waals surface area contributed by atoms with Crippen molar-refractivity contribution in [1.29, 1.82) is 0 Å². The molecule has 1 heterocycles. The number of carbonyl (C=O) groups excluding carboxylic acids is 1. The summed E-state index contributed by atoms with van der Waals surface area (Å²) in [6.07, 6.45) is 5.03. The third-order valence-electron chi connectivity index (χ3n) is 2.19. The lowest BCUT2D eigenvalue weighted by molar-refractivity contribution is -0.113. The number of nitrogens with zero attached hydrogens (tertiary/aromatic N) is 1. The topological polar surface area (TPSA) is 45.2 Å². The number of nitrogens with one attached hydrogen (secondary N) is 1. The molecule has 1 aromatic carbocycles. The number of rotatable bonds is 2. The lowest BCUT2D eigenvalue weighted by Crippen LogP contribution is -1.83. The van der Waals surface area contributed by atoms with Crippen molar-refractivity contribution >= 4 is 29.6 Å². The van der Waals surface area contributed by atoms with E-state index in [9.17, 15) is 4.79 Å². The molecule has 0 saturated heterocycles. The molecule has 3 heteroatoms. The molecule has 0 saturated carbocycles. The number of amides is 1. The summed E-state index contributed by atoms with van der Waals surface area (Å²) in [5.74, 6) is -0.331. The van der Waals surface area contributed by atoms with Crippen molar-refractivity contribution in [3.05, 3.63) is 42.1 Å². The van der Waals surface area contributed by atoms with E-state index in [1.807, 2.05) is 30.5 Å². The molecule has 15 heavy (non-hydrogen) atoms. The molecule has 1 amide bonds. The fourth-order valence-corrected chi connectivity index (χ4v) is 1.47. The maximum atomic E-state index is 10.9. The molecule has 2 aromatic rings. The van der Waals surface area contributed by atoms with Gasteiger partial charge in [0.15, 0.2) is 0 Å². The number of aliphatic imine (C=N–C) groups is 1. The zero-order valence-corrected chi connectivity index (χ0v) is 8.10. The summed E-state index contributed by atoms with van der Waals surface area (Å²) in [5, 5.41) is 1.09. The monoisotopic (exact) mass is 198 g/mol. The Labute approximate surface area is 87.1 Å². The summed E-state index contributed by atoms with van der Waals surface area (Å²) in [4.78, 5) is 17.3. The Bertz CT molecular complexity index is 537. The molecular weight excluding hydrogens is 188 g/mol. The SMILES string of the molecule is C=NC(=O)/C=C/c1cccc2[nH]ccc12. The highest BCUT2D eigenvalue weighted by atomic mass is 16.1. The van der Waals surface area contributed by atoms with E-state index in [0.29, 0.717) is 0 Å². The molecular formula is C12H10N2O. The van der Waals surface area contributed by atoms with E-state index in [1.165, 1.54) is 6.08 Å². The third-order valence-corrected chi connectivity index (χ3v) is 2.19. The number of aromatic nitrogens is 1. The standard InChI is InChI=1S/C12H10N2O/c1-13-12(15)6-5-9-3-2-4-11-10(9)7-8-14-11/h2-8,14H,1H2/b6-5+. The van der Waals surface area contributed by atoms with E-state index < -0.39 is 0 Å². The van der Waals surface area contributed by atoms with Crippen molar-refractivity contribution < 1.29 is 4.79 Å². The Kier molecular flexibility index (Phi) is 2.46. The van der Waals surface area contributed by atoms with E-state index in [4.69, 9.17) is 0 Å². The predicted octanol–water partition coefficient (Wildman–Crippen LogP) is 2.41. The second-order valence-corrected chi connectivity index (χ2v) is 3.12. The first-order valence-electron chi connectivity index (χ1n) is 4.56. The average molecular weight is 198 g/mol. The van der Waals surface area contributed by atoms with Crippen LogP contribution in [0, 0.1) is 0 Å². The van der Waals surface area contributed by atoms with Crippen molar-refractivity contribution in [2.45, 2.75) is 0 Å². The van der Waals surface area contributed by atoms with Gasteiger partial charge >= 0.3 is 0 Å². The largest absolute Gasteiger partial charge is 0.361 e. The summed E-state index contributed by atoms with van der Waals surface area (Å²) in [6.45, 7) is 3.17. The van der Waals surface area contributed by atoms with E-state index in [-0.39, 0.29) is 5.91 Å². The van der Waals surface area contributed by atoms with Gasteiger partial charge in [0.1, 0.15) is 0 Å². The van der Waals surface area contributed by atoms with Gasteiger partial charge in [-0.15, -0.1) is 0 Å². The number of benzene rings is 1. The van der Waals surface area contributed by atoms with E-state index in [2.05, 4.69) is 16.7 Å². The maximum Gasteiger partial charge on any atom is 0.269 e. The van der Waals surface area contributed by atoms with Crippen molar-refractivity contribution in [3.63, 3.8) is 0 Å². The molecule has 0 bridgehead atoms.